The predicted molar refractivity (Wildman–Crippen MR) is 76.3 cm³/mol. The summed E-state index contributed by atoms with van der Waals surface area (Å²) in [5, 5.41) is 20.4. The Kier molecular flexibility index (Phi) is 4.09. The minimum absolute atomic E-state index is 0.164. The fourth-order valence-electron chi connectivity index (χ4n) is 1.86. The van der Waals surface area contributed by atoms with Crippen molar-refractivity contribution in [3.8, 4) is 11.5 Å². The first-order chi connectivity index (χ1) is 9.91. The van der Waals surface area contributed by atoms with Crippen LogP contribution in [0.25, 0.3) is 0 Å². The van der Waals surface area contributed by atoms with E-state index in [2.05, 4.69) is 0 Å². The summed E-state index contributed by atoms with van der Waals surface area (Å²) in [6, 6.07) is 9.12. The first-order valence-electron chi connectivity index (χ1n) is 5.85. The Bertz CT molecular complexity index is 729. The zero-order chi connectivity index (χ0) is 15.6. The second-order valence-electron chi connectivity index (χ2n) is 4.18. The maximum absolute atomic E-state index is 11.2. The van der Waals surface area contributed by atoms with E-state index in [4.69, 9.17) is 21.4 Å². The highest BCUT2D eigenvalue weighted by Crippen LogP contribution is 2.35. The van der Waals surface area contributed by atoms with E-state index >= 15 is 0 Å². The Balaban J connectivity index is 2.52. The summed E-state index contributed by atoms with van der Waals surface area (Å²) in [4.78, 5) is 21.4. The zero-order valence-electron chi connectivity index (χ0n) is 10.9. The number of ether oxygens (including phenoxy) is 1. The molecule has 7 heteroatoms. The van der Waals surface area contributed by atoms with Gasteiger partial charge in [-0.1, -0.05) is 23.7 Å². The van der Waals surface area contributed by atoms with Gasteiger partial charge in [-0.3, -0.25) is 10.1 Å². The highest BCUT2D eigenvalue weighted by atomic mass is 35.5. The van der Waals surface area contributed by atoms with Crippen LogP contribution in [0.3, 0.4) is 0 Å². The molecule has 0 saturated carbocycles. The molecule has 0 heterocycles. The van der Waals surface area contributed by atoms with Gasteiger partial charge in [0, 0.05) is 11.6 Å². The maximum Gasteiger partial charge on any atom is 0.343 e. The molecule has 0 unspecified atom stereocenters. The van der Waals surface area contributed by atoms with E-state index in [1.807, 2.05) is 0 Å². The molecule has 2 rings (SSSR count). The summed E-state index contributed by atoms with van der Waals surface area (Å²) in [7, 11) is 0. The fourth-order valence-corrected chi connectivity index (χ4v) is 2.03. The van der Waals surface area contributed by atoms with Crippen molar-refractivity contribution in [1.82, 2.24) is 0 Å². The van der Waals surface area contributed by atoms with E-state index < -0.39 is 22.1 Å². The SMILES string of the molecule is Cc1c(Oc2ccccc2Cl)ccc([N+](=O)[O-])c1C(=O)O. The lowest BCUT2D eigenvalue weighted by Crippen LogP contribution is -2.06. The molecule has 0 aliphatic heterocycles. The first-order valence-corrected chi connectivity index (χ1v) is 6.23. The average Bonchev–Trinajstić information content (AvgIpc) is 2.42. The highest BCUT2D eigenvalue weighted by Gasteiger charge is 2.25. The van der Waals surface area contributed by atoms with Crippen LogP contribution in [0.5, 0.6) is 11.5 Å². The molecule has 0 bridgehead atoms. The lowest BCUT2D eigenvalue weighted by Gasteiger charge is -2.11. The van der Waals surface area contributed by atoms with E-state index in [9.17, 15) is 14.9 Å². The standard InChI is InChI=1S/C14H10ClNO5/c1-8-11(21-12-5-3-2-4-9(12)15)7-6-10(16(19)20)13(8)14(17)18/h2-7H,1H3,(H,17,18). The molecule has 0 atom stereocenters. The molecule has 1 N–H and O–H groups in total. The van der Waals surface area contributed by atoms with Gasteiger partial charge < -0.3 is 9.84 Å². The van der Waals surface area contributed by atoms with Gasteiger partial charge in [-0.2, -0.15) is 0 Å². The summed E-state index contributed by atoms with van der Waals surface area (Å²) >= 11 is 5.96. The predicted octanol–water partition coefficient (Wildman–Crippen LogP) is 4.05. The molecule has 0 saturated heterocycles. The normalized spacial score (nSPS) is 10.2. The molecular weight excluding hydrogens is 298 g/mol. The number of hydrogen-bond acceptors (Lipinski definition) is 4. The number of carbonyl (C=O) groups is 1. The van der Waals surface area contributed by atoms with Crippen LogP contribution in [0.1, 0.15) is 15.9 Å². The van der Waals surface area contributed by atoms with Crippen LogP contribution < -0.4 is 4.74 Å². The third kappa shape index (κ3) is 2.95. The van der Waals surface area contributed by atoms with Crippen molar-refractivity contribution in [2.75, 3.05) is 0 Å². The van der Waals surface area contributed by atoms with Crippen LogP contribution in [0.4, 0.5) is 5.69 Å². The Labute approximate surface area is 124 Å². The second kappa shape index (κ2) is 5.80. The second-order valence-corrected chi connectivity index (χ2v) is 4.58. The number of nitrogens with zero attached hydrogens (tertiary/aromatic N) is 1. The highest BCUT2D eigenvalue weighted by molar-refractivity contribution is 6.32. The van der Waals surface area contributed by atoms with Crippen LogP contribution in [-0.4, -0.2) is 16.0 Å². The average molecular weight is 308 g/mol. The van der Waals surface area contributed by atoms with Crippen LogP contribution >= 0.6 is 11.6 Å². The lowest BCUT2D eigenvalue weighted by atomic mass is 10.1. The largest absolute Gasteiger partial charge is 0.477 e. The maximum atomic E-state index is 11.2. The van der Waals surface area contributed by atoms with E-state index in [0.717, 1.165) is 6.07 Å². The van der Waals surface area contributed by atoms with Crippen molar-refractivity contribution in [2.24, 2.45) is 0 Å². The first kappa shape index (κ1) is 14.8. The number of carboxylic acid groups (broad SMARTS) is 1. The summed E-state index contributed by atoms with van der Waals surface area (Å²) in [5.74, 6) is -0.845. The Morgan fingerprint density at radius 2 is 1.90 bits per heavy atom. The summed E-state index contributed by atoms with van der Waals surface area (Å²) in [6.07, 6.45) is 0. The quantitative estimate of drug-likeness (QED) is 0.680. The van der Waals surface area contributed by atoms with E-state index in [1.54, 1.807) is 24.3 Å². The molecule has 0 amide bonds. The van der Waals surface area contributed by atoms with Crippen LogP contribution in [0.2, 0.25) is 5.02 Å². The molecule has 6 nitrogen and oxygen atoms in total. The monoisotopic (exact) mass is 307 g/mol. The van der Waals surface area contributed by atoms with Gasteiger partial charge in [0.2, 0.25) is 0 Å². The smallest absolute Gasteiger partial charge is 0.343 e. The Hall–Kier alpha value is -2.60. The van der Waals surface area contributed by atoms with Gasteiger partial charge in [0.15, 0.2) is 0 Å². The van der Waals surface area contributed by atoms with Gasteiger partial charge in [0.1, 0.15) is 17.1 Å². The van der Waals surface area contributed by atoms with Crippen molar-refractivity contribution in [1.29, 1.82) is 0 Å². The number of nitro benzene ring substituents is 1. The van der Waals surface area contributed by atoms with Crippen molar-refractivity contribution >= 4 is 23.3 Å². The molecule has 0 aromatic heterocycles. The van der Waals surface area contributed by atoms with E-state index in [0.29, 0.717) is 10.8 Å². The molecule has 0 aliphatic rings. The lowest BCUT2D eigenvalue weighted by molar-refractivity contribution is -0.385. The number of nitro groups is 1. The minimum Gasteiger partial charge on any atom is -0.477 e. The molecule has 2 aromatic carbocycles. The Morgan fingerprint density at radius 3 is 2.48 bits per heavy atom. The van der Waals surface area contributed by atoms with Gasteiger partial charge in [0.25, 0.3) is 5.69 Å². The fraction of sp³-hybridized carbons (Fsp3) is 0.0714. The van der Waals surface area contributed by atoms with E-state index in [-0.39, 0.29) is 11.3 Å². The number of para-hydroxylation sites is 1. The number of aromatic carboxylic acids is 1. The molecule has 2 aromatic rings. The number of benzene rings is 2. The van der Waals surface area contributed by atoms with Gasteiger partial charge in [-0.15, -0.1) is 0 Å². The molecule has 0 radical (unpaired) electrons. The molecule has 108 valence electrons. The van der Waals surface area contributed by atoms with Crippen molar-refractivity contribution in [2.45, 2.75) is 6.92 Å². The Morgan fingerprint density at radius 1 is 1.24 bits per heavy atom. The van der Waals surface area contributed by atoms with Crippen molar-refractivity contribution in [3.05, 3.63) is 62.7 Å². The molecule has 0 spiro atoms. The van der Waals surface area contributed by atoms with Gasteiger partial charge in [0.05, 0.1) is 9.95 Å². The van der Waals surface area contributed by atoms with Gasteiger partial charge in [-0.05, 0) is 25.1 Å². The zero-order valence-corrected chi connectivity index (χ0v) is 11.6. The third-order valence-corrected chi connectivity index (χ3v) is 3.17. The van der Waals surface area contributed by atoms with Crippen molar-refractivity contribution < 1.29 is 19.6 Å². The van der Waals surface area contributed by atoms with E-state index in [1.165, 1.54) is 13.0 Å². The summed E-state index contributed by atoms with van der Waals surface area (Å²) in [5.41, 5.74) is -0.715. The van der Waals surface area contributed by atoms with Crippen molar-refractivity contribution in [3.63, 3.8) is 0 Å². The summed E-state index contributed by atoms with van der Waals surface area (Å²) in [6.45, 7) is 1.45. The molecular formula is C14H10ClNO5. The van der Waals surface area contributed by atoms with Crippen LogP contribution in [0.15, 0.2) is 36.4 Å². The molecule has 0 fully saturated rings. The van der Waals surface area contributed by atoms with Gasteiger partial charge >= 0.3 is 5.97 Å². The number of carboxylic acids is 1. The van der Waals surface area contributed by atoms with Crippen LogP contribution in [0, 0.1) is 17.0 Å². The number of hydrogen-bond donors (Lipinski definition) is 1. The molecule has 21 heavy (non-hydrogen) atoms. The molecule has 0 aliphatic carbocycles. The summed E-state index contributed by atoms with van der Waals surface area (Å²) < 4.78 is 5.55. The third-order valence-electron chi connectivity index (χ3n) is 2.86. The topological polar surface area (TPSA) is 89.7 Å². The number of halogens is 1. The minimum atomic E-state index is -1.39. The number of rotatable bonds is 4. The van der Waals surface area contributed by atoms with Gasteiger partial charge in [-0.25, -0.2) is 4.79 Å². The van der Waals surface area contributed by atoms with Crippen LogP contribution in [-0.2, 0) is 0 Å².